The number of benzene rings is 2. The van der Waals surface area contributed by atoms with Crippen molar-refractivity contribution in [2.24, 2.45) is 0 Å². The third-order valence-corrected chi connectivity index (χ3v) is 4.02. The van der Waals surface area contributed by atoms with Crippen LogP contribution in [0.25, 0.3) is 0 Å². The van der Waals surface area contributed by atoms with Crippen LogP contribution < -0.4 is 14.8 Å². The smallest absolute Gasteiger partial charge is 0.465 e. The van der Waals surface area contributed by atoms with Gasteiger partial charge in [-0.1, -0.05) is 19.1 Å². The van der Waals surface area contributed by atoms with Gasteiger partial charge in [-0.3, -0.25) is 0 Å². The molecule has 2 aromatic rings. The van der Waals surface area contributed by atoms with E-state index < -0.39 is 6.36 Å². The number of alkyl halides is 3. The number of ether oxygens (including phenoxy) is 2. The highest BCUT2D eigenvalue weighted by atomic mass is 19.4. The molecule has 1 heterocycles. The minimum Gasteiger partial charge on any atom is -0.465 e. The molecule has 0 saturated heterocycles. The van der Waals surface area contributed by atoms with Crippen molar-refractivity contribution in [2.75, 3.05) is 13.1 Å². The summed E-state index contributed by atoms with van der Waals surface area (Å²) < 4.78 is 60.6. The average molecular weight is 367 g/mol. The van der Waals surface area contributed by atoms with Gasteiger partial charge in [-0.05, 0) is 48.0 Å². The Labute approximate surface area is 148 Å². The van der Waals surface area contributed by atoms with Gasteiger partial charge in [0.1, 0.15) is 17.3 Å². The number of likely N-dealkylation sites (N-methyl/N-ethyl adjacent to an activating group) is 1. The van der Waals surface area contributed by atoms with Gasteiger partial charge < -0.3 is 14.8 Å². The minimum atomic E-state index is -4.78. The third-order valence-electron chi connectivity index (χ3n) is 4.02. The molecule has 1 atom stereocenters. The van der Waals surface area contributed by atoms with Crippen LogP contribution in [-0.2, 0) is 0 Å². The zero-order valence-electron chi connectivity index (χ0n) is 13.9. The number of nitrogens with one attached hydrogen (secondary N) is 1. The van der Waals surface area contributed by atoms with E-state index in [1.165, 1.54) is 30.3 Å². The summed E-state index contributed by atoms with van der Waals surface area (Å²) in [5.74, 6) is -0.631. The largest absolute Gasteiger partial charge is 0.573 e. The fraction of sp³-hybridized carbons (Fsp3) is 0.263. The van der Waals surface area contributed by atoms with Crippen LogP contribution in [0.3, 0.4) is 0 Å². The lowest BCUT2D eigenvalue weighted by molar-refractivity contribution is -0.274. The monoisotopic (exact) mass is 367 g/mol. The molecule has 1 unspecified atom stereocenters. The van der Waals surface area contributed by atoms with Gasteiger partial charge in [0, 0.05) is 18.0 Å². The molecule has 0 spiro atoms. The second-order valence-electron chi connectivity index (χ2n) is 5.82. The Balaban J connectivity index is 2.03. The summed E-state index contributed by atoms with van der Waals surface area (Å²) in [5, 5.41) is 3.18. The Morgan fingerprint density at radius 3 is 2.50 bits per heavy atom. The zero-order valence-corrected chi connectivity index (χ0v) is 13.9. The van der Waals surface area contributed by atoms with Gasteiger partial charge in [0.25, 0.3) is 0 Å². The highest BCUT2D eigenvalue weighted by molar-refractivity contribution is 5.53. The van der Waals surface area contributed by atoms with Crippen molar-refractivity contribution < 1.29 is 27.0 Å². The molecule has 0 aliphatic carbocycles. The molecule has 1 aliphatic heterocycles. The summed E-state index contributed by atoms with van der Waals surface area (Å²) in [6.07, 6.45) is -3.19. The van der Waals surface area contributed by atoms with Gasteiger partial charge >= 0.3 is 6.36 Å². The van der Waals surface area contributed by atoms with Gasteiger partial charge in [-0.15, -0.1) is 13.2 Å². The van der Waals surface area contributed by atoms with Gasteiger partial charge in [-0.25, -0.2) is 4.39 Å². The van der Waals surface area contributed by atoms with E-state index in [-0.39, 0.29) is 17.5 Å². The lowest BCUT2D eigenvalue weighted by Gasteiger charge is -2.28. The zero-order chi connectivity index (χ0) is 18.7. The van der Waals surface area contributed by atoms with E-state index >= 15 is 0 Å². The van der Waals surface area contributed by atoms with Gasteiger partial charge in [-0.2, -0.15) is 0 Å². The Morgan fingerprint density at radius 1 is 1.12 bits per heavy atom. The first-order valence-corrected chi connectivity index (χ1v) is 8.09. The topological polar surface area (TPSA) is 30.5 Å². The maximum Gasteiger partial charge on any atom is 0.573 e. The lowest BCUT2D eigenvalue weighted by atomic mass is 9.83. The Morgan fingerprint density at radius 2 is 1.85 bits per heavy atom. The molecule has 1 aliphatic rings. The third kappa shape index (κ3) is 4.16. The van der Waals surface area contributed by atoms with Gasteiger partial charge in [0.15, 0.2) is 0 Å². The molecule has 0 saturated carbocycles. The molecule has 3 rings (SSSR count). The average Bonchev–Trinajstić information content (AvgIpc) is 2.59. The van der Waals surface area contributed by atoms with E-state index in [2.05, 4.69) is 10.1 Å². The van der Waals surface area contributed by atoms with E-state index in [0.29, 0.717) is 17.9 Å². The molecule has 0 bridgehead atoms. The summed E-state index contributed by atoms with van der Waals surface area (Å²) in [7, 11) is 0. The normalized spacial score (nSPS) is 16.5. The maximum atomic E-state index is 13.3. The van der Waals surface area contributed by atoms with Crippen LogP contribution >= 0.6 is 0 Å². The molecular formula is C19H17F4NO2. The lowest BCUT2D eigenvalue weighted by Crippen LogP contribution is -2.23. The van der Waals surface area contributed by atoms with Gasteiger partial charge in [0.05, 0.1) is 6.26 Å². The quantitative estimate of drug-likeness (QED) is 0.775. The molecular weight excluding hydrogens is 350 g/mol. The van der Waals surface area contributed by atoms with Crippen LogP contribution in [0.2, 0.25) is 0 Å². The number of hydrogen-bond donors (Lipinski definition) is 1. The summed E-state index contributed by atoms with van der Waals surface area (Å²) in [5.41, 5.74) is 2.12. The molecule has 2 aromatic carbocycles. The highest BCUT2D eigenvalue weighted by Gasteiger charge is 2.33. The van der Waals surface area contributed by atoms with Crippen LogP contribution in [0.1, 0.15) is 24.0 Å². The molecule has 0 fully saturated rings. The molecule has 138 valence electrons. The van der Waals surface area contributed by atoms with Crippen molar-refractivity contribution in [2.45, 2.75) is 19.2 Å². The number of fused-ring (bicyclic) bond motifs is 1. The molecule has 0 radical (unpaired) electrons. The Kier molecular flexibility index (Phi) is 5.18. The summed E-state index contributed by atoms with van der Waals surface area (Å²) in [4.78, 5) is 0. The van der Waals surface area contributed by atoms with Crippen LogP contribution in [0.15, 0.2) is 54.3 Å². The summed E-state index contributed by atoms with van der Waals surface area (Å²) >= 11 is 0. The maximum absolute atomic E-state index is 13.3. The standard InChI is InChI=1S/C19H17F4NO2/c1-2-24-10-13-11-25-17-8-7-15(26-19(21,22)23)9-16(17)18(13)12-3-5-14(20)6-4-12/h3-9,11,18,24H,2,10H2,1H3. The van der Waals surface area contributed by atoms with E-state index in [9.17, 15) is 17.6 Å². The van der Waals surface area contributed by atoms with E-state index in [0.717, 1.165) is 17.7 Å². The SMILES string of the molecule is CCNCC1=COc2ccc(OC(F)(F)F)cc2C1c1ccc(F)cc1. The summed E-state index contributed by atoms with van der Waals surface area (Å²) in [6, 6.07) is 9.84. The first-order chi connectivity index (χ1) is 12.4. The molecule has 0 amide bonds. The van der Waals surface area contributed by atoms with Gasteiger partial charge in [0.2, 0.25) is 0 Å². The van der Waals surface area contributed by atoms with Crippen molar-refractivity contribution in [3.63, 3.8) is 0 Å². The first-order valence-electron chi connectivity index (χ1n) is 8.09. The van der Waals surface area contributed by atoms with E-state index in [4.69, 9.17) is 4.74 Å². The Hall–Kier alpha value is -2.54. The van der Waals surface area contributed by atoms with Crippen molar-refractivity contribution in [3.8, 4) is 11.5 Å². The highest BCUT2D eigenvalue weighted by Crippen LogP contribution is 2.42. The molecule has 0 aromatic heterocycles. The Bertz CT molecular complexity index is 800. The number of halogens is 4. The minimum absolute atomic E-state index is 0.323. The molecule has 3 nitrogen and oxygen atoms in total. The van der Waals surface area contributed by atoms with Crippen molar-refractivity contribution in [1.82, 2.24) is 5.32 Å². The number of hydrogen-bond acceptors (Lipinski definition) is 3. The second-order valence-corrected chi connectivity index (χ2v) is 5.82. The predicted molar refractivity (Wildman–Crippen MR) is 88.6 cm³/mol. The van der Waals surface area contributed by atoms with Crippen molar-refractivity contribution in [1.29, 1.82) is 0 Å². The first kappa shape index (κ1) is 18.3. The van der Waals surface area contributed by atoms with Crippen LogP contribution in [-0.4, -0.2) is 19.5 Å². The van der Waals surface area contributed by atoms with Crippen molar-refractivity contribution >= 4 is 0 Å². The fourth-order valence-corrected chi connectivity index (χ4v) is 2.93. The van der Waals surface area contributed by atoms with Crippen molar-refractivity contribution in [3.05, 3.63) is 71.2 Å². The predicted octanol–water partition coefficient (Wildman–Crippen LogP) is 4.74. The van der Waals surface area contributed by atoms with E-state index in [1.807, 2.05) is 6.92 Å². The van der Waals surface area contributed by atoms with E-state index in [1.54, 1.807) is 18.4 Å². The van der Waals surface area contributed by atoms with Crippen LogP contribution in [0, 0.1) is 5.82 Å². The number of rotatable bonds is 5. The molecule has 7 heteroatoms. The summed E-state index contributed by atoms with van der Waals surface area (Å²) in [6.45, 7) is 3.15. The molecule has 26 heavy (non-hydrogen) atoms. The second kappa shape index (κ2) is 7.37. The molecule has 1 N–H and O–H groups in total. The van der Waals surface area contributed by atoms with Crippen LogP contribution in [0.5, 0.6) is 11.5 Å². The fourth-order valence-electron chi connectivity index (χ4n) is 2.93. The van der Waals surface area contributed by atoms with Crippen LogP contribution in [0.4, 0.5) is 17.6 Å².